The minimum Gasteiger partial charge on any atom is -0.483 e. The summed E-state index contributed by atoms with van der Waals surface area (Å²) in [7, 11) is 1.27. The first-order valence-electron chi connectivity index (χ1n) is 6.62. The van der Waals surface area contributed by atoms with Crippen LogP contribution in [0.1, 0.15) is 16.1 Å². The second-order valence-corrected chi connectivity index (χ2v) is 4.60. The summed E-state index contributed by atoms with van der Waals surface area (Å²) in [6, 6.07) is 11.2. The van der Waals surface area contributed by atoms with Gasteiger partial charge in [0.2, 0.25) is 0 Å². The molecule has 6 nitrogen and oxygen atoms in total. The van der Waals surface area contributed by atoms with Gasteiger partial charge in [-0.2, -0.15) is 0 Å². The number of methoxy groups -OCH3 is 1. The maximum Gasteiger partial charge on any atom is 0.360 e. The van der Waals surface area contributed by atoms with E-state index in [-0.39, 0.29) is 23.9 Å². The SMILES string of the molecule is COC(=O)c1nc(N)c2ccoc2c1OCc1ccccc1. The maximum atomic E-state index is 11.9. The lowest BCUT2D eigenvalue weighted by atomic mass is 10.2. The zero-order valence-electron chi connectivity index (χ0n) is 11.9. The molecule has 0 saturated heterocycles. The highest BCUT2D eigenvalue weighted by Gasteiger charge is 2.22. The number of esters is 1. The summed E-state index contributed by atoms with van der Waals surface area (Å²) in [5.74, 6) is -0.214. The summed E-state index contributed by atoms with van der Waals surface area (Å²) in [5, 5.41) is 0.593. The van der Waals surface area contributed by atoms with Crippen molar-refractivity contribution in [3.8, 4) is 5.75 Å². The Bertz CT molecular complexity index is 812. The van der Waals surface area contributed by atoms with Crippen molar-refractivity contribution in [3.63, 3.8) is 0 Å². The van der Waals surface area contributed by atoms with Crippen molar-refractivity contribution in [2.45, 2.75) is 6.61 Å². The van der Waals surface area contributed by atoms with Crippen LogP contribution in [0.15, 0.2) is 47.1 Å². The molecule has 6 heteroatoms. The molecule has 3 aromatic rings. The van der Waals surface area contributed by atoms with Crippen molar-refractivity contribution >= 4 is 22.8 Å². The van der Waals surface area contributed by atoms with E-state index in [1.165, 1.54) is 13.4 Å². The Balaban J connectivity index is 2.03. The predicted molar refractivity (Wildman–Crippen MR) is 80.5 cm³/mol. The third-order valence-electron chi connectivity index (χ3n) is 3.20. The second-order valence-electron chi connectivity index (χ2n) is 4.60. The number of hydrogen-bond acceptors (Lipinski definition) is 6. The number of nitrogen functional groups attached to an aromatic ring is 1. The molecule has 0 aliphatic heterocycles. The first-order chi connectivity index (χ1) is 10.7. The van der Waals surface area contributed by atoms with Gasteiger partial charge >= 0.3 is 5.97 Å². The van der Waals surface area contributed by atoms with Gasteiger partial charge in [-0.1, -0.05) is 30.3 Å². The number of benzene rings is 1. The number of nitrogens with two attached hydrogens (primary N) is 1. The molecular formula is C16H14N2O4. The Morgan fingerprint density at radius 2 is 2.05 bits per heavy atom. The fourth-order valence-electron chi connectivity index (χ4n) is 2.12. The Kier molecular flexibility index (Phi) is 3.65. The number of anilines is 1. The lowest BCUT2D eigenvalue weighted by molar-refractivity contribution is 0.0588. The van der Waals surface area contributed by atoms with Crippen LogP contribution in [0.2, 0.25) is 0 Å². The molecular weight excluding hydrogens is 284 g/mol. The molecule has 3 rings (SSSR count). The molecule has 0 amide bonds. The number of furan rings is 1. The van der Waals surface area contributed by atoms with Crippen LogP contribution in [-0.4, -0.2) is 18.1 Å². The molecule has 112 valence electrons. The molecule has 2 aromatic heterocycles. The number of fused-ring (bicyclic) bond motifs is 1. The minimum atomic E-state index is -0.631. The lowest BCUT2D eigenvalue weighted by Crippen LogP contribution is -2.10. The summed E-state index contributed by atoms with van der Waals surface area (Å²) in [4.78, 5) is 16.0. The van der Waals surface area contributed by atoms with Crippen molar-refractivity contribution in [1.82, 2.24) is 4.98 Å². The summed E-state index contributed by atoms with van der Waals surface area (Å²) < 4.78 is 15.9. The number of aromatic nitrogens is 1. The van der Waals surface area contributed by atoms with Gasteiger partial charge in [-0.15, -0.1) is 0 Å². The first-order valence-corrected chi connectivity index (χ1v) is 6.62. The molecule has 0 bridgehead atoms. The third kappa shape index (κ3) is 2.46. The number of carbonyl (C=O) groups is 1. The monoisotopic (exact) mass is 298 g/mol. The van der Waals surface area contributed by atoms with Crippen LogP contribution < -0.4 is 10.5 Å². The fourth-order valence-corrected chi connectivity index (χ4v) is 2.12. The third-order valence-corrected chi connectivity index (χ3v) is 3.20. The molecule has 0 radical (unpaired) electrons. The number of rotatable bonds is 4. The smallest absolute Gasteiger partial charge is 0.360 e. The lowest BCUT2D eigenvalue weighted by Gasteiger charge is -2.11. The van der Waals surface area contributed by atoms with E-state index in [0.29, 0.717) is 11.0 Å². The van der Waals surface area contributed by atoms with E-state index in [0.717, 1.165) is 5.56 Å². The number of ether oxygens (including phenoxy) is 2. The molecule has 2 heterocycles. The fraction of sp³-hybridized carbons (Fsp3) is 0.125. The average molecular weight is 298 g/mol. The average Bonchev–Trinajstić information content (AvgIpc) is 3.04. The van der Waals surface area contributed by atoms with E-state index in [9.17, 15) is 4.79 Å². The van der Waals surface area contributed by atoms with Crippen LogP contribution in [0.5, 0.6) is 5.75 Å². The standard InChI is InChI=1S/C16H14N2O4/c1-20-16(19)12-14(22-9-10-5-3-2-4-6-10)13-11(7-8-21-13)15(17)18-12/h2-8H,9H2,1H3,(H2,17,18). The number of hydrogen-bond donors (Lipinski definition) is 1. The zero-order valence-corrected chi connectivity index (χ0v) is 11.9. The maximum absolute atomic E-state index is 11.9. The van der Waals surface area contributed by atoms with Crippen molar-refractivity contribution < 1.29 is 18.7 Å². The van der Waals surface area contributed by atoms with E-state index in [2.05, 4.69) is 4.98 Å². The van der Waals surface area contributed by atoms with E-state index in [1.54, 1.807) is 6.07 Å². The van der Waals surface area contributed by atoms with E-state index in [4.69, 9.17) is 19.6 Å². The van der Waals surface area contributed by atoms with Gasteiger partial charge in [0, 0.05) is 0 Å². The van der Waals surface area contributed by atoms with E-state index >= 15 is 0 Å². The Morgan fingerprint density at radius 1 is 1.27 bits per heavy atom. The number of pyridine rings is 1. The second kappa shape index (κ2) is 5.77. The van der Waals surface area contributed by atoms with Gasteiger partial charge < -0.3 is 19.6 Å². The van der Waals surface area contributed by atoms with Crippen molar-refractivity contribution in [2.75, 3.05) is 12.8 Å². The molecule has 0 atom stereocenters. The molecule has 22 heavy (non-hydrogen) atoms. The summed E-state index contributed by atoms with van der Waals surface area (Å²) in [5.41, 5.74) is 7.17. The van der Waals surface area contributed by atoms with Gasteiger partial charge in [0.05, 0.1) is 18.8 Å². The number of nitrogens with zero attached hydrogens (tertiary/aromatic N) is 1. The van der Waals surface area contributed by atoms with E-state index in [1.807, 2.05) is 30.3 Å². The van der Waals surface area contributed by atoms with Gasteiger partial charge in [-0.25, -0.2) is 9.78 Å². The Labute approximate surface area is 126 Å². The van der Waals surface area contributed by atoms with Crippen molar-refractivity contribution in [2.24, 2.45) is 0 Å². The van der Waals surface area contributed by atoms with Gasteiger partial charge in [0.1, 0.15) is 12.4 Å². The van der Waals surface area contributed by atoms with Gasteiger partial charge in [-0.3, -0.25) is 0 Å². The van der Waals surface area contributed by atoms with Crippen LogP contribution in [0.3, 0.4) is 0 Å². The van der Waals surface area contributed by atoms with Crippen LogP contribution in [-0.2, 0) is 11.3 Å². The normalized spacial score (nSPS) is 10.6. The molecule has 0 aliphatic rings. The highest BCUT2D eigenvalue weighted by atomic mass is 16.5. The Hall–Kier alpha value is -3.02. The topological polar surface area (TPSA) is 87.6 Å². The van der Waals surface area contributed by atoms with Crippen molar-refractivity contribution in [1.29, 1.82) is 0 Å². The Morgan fingerprint density at radius 3 is 2.77 bits per heavy atom. The quantitative estimate of drug-likeness (QED) is 0.745. The van der Waals surface area contributed by atoms with Crippen LogP contribution in [0, 0.1) is 0 Å². The molecule has 0 unspecified atom stereocenters. The molecule has 0 saturated carbocycles. The van der Waals surface area contributed by atoms with Crippen LogP contribution in [0.4, 0.5) is 5.82 Å². The minimum absolute atomic E-state index is 0.00150. The van der Waals surface area contributed by atoms with Crippen molar-refractivity contribution in [3.05, 3.63) is 53.9 Å². The highest BCUT2D eigenvalue weighted by molar-refractivity contribution is 6.00. The molecule has 0 fully saturated rings. The van der Waals surface area contributed by atoms with Crippen LogP contribution in [0.25, 0.3) is 11.0 Å². The van der Waals surface area contributed by atoms with Gasteiger partial charge in [0.25, 0.3) is 0 Å². The largest absolute Gasteiger partial charge is 0.483 e. The van der Waals surface area contributed by atoms with Gasteiger partial charge in [0.15, 0.2) is 17.0 Å². The predicted octanol–water partition coefficient (Wildman–Crippen LogP) is 2.78. The summed E-state index contributed by atoms with van der Waals surface area (Å²) >= 11 is 0. The zero-order chi connectivity index (χ0) is 15.5. The molecule has 0 aliphatic carbocycles. The molecule has 1 aromatic carbocycles. The summed E-state index contributed by atoms with van der Waals surface area (Å²) in [6.45, 7) is 0.270. The number of carbonyl (C=O) groups excluding carboxylic acids is 1. The van der Waals surface area contributed by atoms with Gasteiger partial charge in [-0.05, 0) is 11.6 Å². The first kappa shape index (κ1) is 13.9. The molecule has 2 N–H and O–H groups in total. The van der Waals surface area contributed by atoms with E-state index < -0.39 is 5.97 Å². The molecule has 0 spiro atoms. The highest BCUT2D eigenvalue weighted by Crippen LogP contribution is 2.33. The van der Waals surface area contributed by atoms with Crippen LogP contribution >= 0.6 is 0 Å². The summed E-state index contributed by atoms with van der Waals surface area (Å²) in [6.07, 6.45) is 1.47.